The fourth-order valence-electron chi connectivity index (χ4n) is 8.84. The molecule has 1 unspecified atom stereocenters. The first-order valence-electron chi connectivity index (χ1n) is 28.8. The number of ether oxygens (including phenoxy) is 3. The zero-order chi connectivity index (χ0) is 46.8. The minimum atomic E-state index is -0.762. The van der Waals surface area contributed by atoms with Crippen LogP contribution in [0, 0.1) is 11.8 Å². The number of carbonyl (C=O) groups excluding carboxylic acids is 3. The molecule has 0 radical (unpaired) electrons. The molecule has 0 aliphatic carbocycles. The van der Waals surface area contributed by atoms with Gasteiger partial charge in [-0.25, -0.2) is 0 Å². The van der Waals surface area contributed by atoms with Crippen molar-refractivity contribution in [2.45, 2.75) is 330 Å². The van der Waals surface area contributed by atoms with E-state index in [-0.39, 0.29) is 31.1 Å². The molecule has 0 aromatic carbocycles. The summed E-state index contributed by atoms with van der Waals surface area (Å²) in [5.41, 5.74) is 0. The lowest BCUT2D eigenvalue weighted by Crippen LogP contribution is -2.30. The summed E-state index contributed by atoms with van der Waals surface area (Å²) >= 11 is 0. The van der Waals surface area contributed by atoms with Crippen LogP contribution in [0.4, 0.5) is 0 Å². The lowest BCUT2D eigenvalue weighted by molar-refractivity contribution is -0.167. The fraction of sp³-hybridized carbons (Fsp3) is 0.948. The van der Waals surface area contributed by atoms with Gasteiger partial charge in [-0.3, -0.25) is 14.4 Å². The number of hydrogen-bond donors (Lipinski definition) is 0. The van der Waals surface area contributed by atoms with E-state index in [4.69, 9.17) is 14.2 Å². The summed E-state index contributed by atoms with van der Waals surface area (Å²) in [6.07, 6.45) is 53.7. The Balaban J connectivity index is 4.29. The predicted molar refractivity (Wildman–Crippen MR) is 275 cm³/mol. The third-order valence-electron chi connectivity index (χ3n) is 13.6. The molecule has 2 atom stereocenters. The van der Waals surface area contributed by atoms with Crippen molar-refractivity contribution in [3.05, 3.63) is 0 Å². The molecule has 0 spiro atoms. The Hall–Kier alpha value is -1.59. The third kappa shape index (κ3) is 49.8. The molecule has 0 N–H and O–H groups in total. The van der Waals surface area contributed by atoms with Gasteiger partial charge in [0.2, 0.25) is 0 Å². The van der Waals surface area contributed by atoms with Crippen LogP contribution in [0.3, 0.4) is 0 Å². The molecule has 0 saturated heterocycles. The Morgan fingerprint density at radius 3 is 0.891 bits per heavy atom. The van der Waals surface area contributed by atoms with Gasteiger partial charge in [0.25, 0.3) is 0 Å². The SMILES string of the molecule is CCCCCCCCCCCCCCCCC(=O)O[C@@H](COC(=O)CCCCCCCCCCCCCCCCCC(C)C)COC(=O)CCCCCCCCCCCCC(C)CC. The van der Waals surface area contributed by atoms with E-state index in [0.717, 1.165) is 69.6 Å². The lowest BCUT2D eigenvalue weighted by Gasteiger charge is -2.18. The summed E-state index contributed by atoms with van der Waals surface area (Å²) in [6.45, 7) is 11.4. The van der Waals surface area contributed by atoms with Gasteiger partial charge in [0, 0.05) is 19.3 Å². The van der Waals surface area contributed by atoms with Crippen molar-refractivity contribution in [3.63, 3.8) is 0 Å². The maximum absolute atomic E-state index is 12.8. The van der Waals surface area contributed by atoms with Crippen molar-refractivity contribution in [1.82, 2.24) is 0 Å². The van der Waals surface area contributed by atoms with Crippen LogP contribution in [-0.4, -0.2) is 37.2 Å². The second-order valence-corrected chi connectivity index (χ2v) is 20.6. The number of hydrogen-bond acceptors (Lipinski definition) is 6. The summed E-state index contributed by atoms with van der Waals surface area (Å²) in [4.78, 5) is 38.1. The maximum atomic E-state index is 12.8. The molecule has 380 valence electrons. The Morgan fingerprint density at radius 1 is 0.328 bits per heavy atom. The average molecular weight is 906 g/mol. The second-order valence-electron chi connectivity index (χ2n) is 20.6. The highest BCUT2D eigenvalue weighted by Crippen LogP contribution is 2.18. The molecule has 0 aliphatic heterocycles. The molecule has 0 saturated carbocycles. The van der Waals surface area contributed by atoms with E-state index in [1.54, 1.807) is 0 Å². The molecule has 0 rings (SSSR count). The number of esters is 3. The topological polar surface area (TPSA) is 78.9 Å². The first-order chi connectivity index (χ1) is 31.3. The first-order valence-corrected chi connectivity index (χ1v) is 28.8. The van der Waals surface area contributed by atoms with Gasteiger partial charge in [0.1, 0.15) is 13.2 Å². The van der Waals surface area contributed by atoms with Crippen molar-refractivity contribution < 1.29 is 28.6 Å². The van der Waals surface area contributed by atoms with Gasteiger partial charge in [-0.05, 0) is 31.1 Å². The molecule has 0 aliphatic rings. The van der Waals surface area contributed by atoms with Crippen LogP contribution in [0.1, 0.15) is 324 Å². The molecular formula is C58H112O6. The molecule has 64 heavy (non-hydrogen) atoms. The van der Waals surface area contributed by atoms with Gasteiger partial charge < -0.3 is 14.2 Å². The van der Waals surface area contributed by atoms with E-state index >= 15 is 0 Å². The first kappa shape index (κ1) is 62.4. The maximum Gasteiger partial charge on any atom is 0.306 e. The van der Waals surface area contributed by atoms with Gasteiger partial charge in [0.15, 0.2) is 6.10 Å². The summed E-state index contributed by atoms with van der Waals surface area (Å²) in [6, 6.07) is 0. The summed E-state index contributed by atoms with van der Waals surface area (Å²) in [5, 5.41) is 0. The van der Waals surface area contributed by atoms with E-state index in [0.29, 0.717) is 19.3 Å². The van der Waals surface area contributed by atoms with Crippen molar-refractivity contribution in [2.24, 2.45) is 11.8 Å². The van der Waals surface area contributed by atoms with Gasteiger partial charge >= 0.3 is 17.9 Å². The molecule has 0 fully saturated rings. The quantitative estimate of drug-likeness (QED) is 0.0344. The zero-order valence-corrected chi connectivity index (χ0v) is 43.9. The van der Waals surface area contributed by atoms with E-state index in [2.05, 4.69) is 34.6 Å². The highest BCUT2D eigenvalue weighted by molar-refractivity contribution is 5.71. The Labute approximate surface area is 399 Å². The molecule has 0 aromatic rings. The summed E-state index contributed by atoms with van der Waals surface area (Å²) < 4.78 is 16.9. The monoisotopic (exact) mass is 905 g/mol. The molecule has 0 amide bonds. The van der Waals surface area contributed by atoms with Crippen molar-refractivity contribution in [2.75, 3.05) is 13.2 Å². The molecule has 0 bridgehead atoms. The van der Waals surface area contributed by atoms with E-state index in [1.165, 1.54) is 212 Å². The van der Waals surface area contributed by atoms with Gasteiger partial charge in [-0.1, -0.05) is 285 Å². The summed E-state index contributed by atoms with van der Waals surface area (Å²) in [5.74, 6) is 0.879. The van der Waals surface area contributed by atoms with Crippen molar-refractivity contribution in [3.8, 4) is 0 Å². The lowest BCUT2D eigenvalue weighted by atomic mass is 9.99. The summed E-state index contributed by atoms with van der Waals surface area (Å²) in [7, 11) is 0. The van der Waals surface area contributed by atoms with Crippen LogP contribution >= 0.6 is 0 Å². The number of carbonyl (C=O) groups is 3. The molecule has 6 nitrogen and oxygen atoms in total. The van der Waals surface area contributed by atoms with E-state index < -0.39 is 6.10 Å². The smallest absolute Gasteiger partial charge is 0.306 e. The molecule has 0 aromatic heterocycles. The second kappa shape index (κ2) is 50.8. The van der Waals surface area contributed by atoms with Crippen LogP contribution in [0.2, 0.25) is 0 Å². The van der Waals surface area contributed by atoms with Crippen molar-refractivity contribution in [1.29, 1.82) is 0 Å². The fourth-order valence-corrected chi connectivity index (χ4v) is 8.84. The number of unbranched alkanes of at least 4 members (excludes halogenated alkanes) is 36. The van der Waals surface area contributed by atoms with Crippen LogP contribution in [0.25, 0.3) is 0 Å². The van der Waals surface area contributed by atoms with Gasteiger partial charge in [-0.2, -0.15) is 0 Å². The highest BCUT2D eigenvalue weighted by atomic mass is 16.6. The van der Waals surface area contributed by atoms with Gasteiger partial charge in [0.05, 0.1) is 0 Å². The van der Waals surface area contributed by atoms with Crippen LogP contribution in [0.5, 0.6) is 0 Å². The Morgan fingerprint density at radius 2 is 0.594 bits per heavy atom. The van der Waals surface area contributed by atoms with E-state index in [9.17, 15) is 14.4 Å². The van der Waals surface area contributed by atoms with Gasteiger partial charge in [-0.15, -0.1) is 0 Å². The normalized spacial score (nSPS) is 12.5. The molecule has 0 heterocycles. The minimum Gasteiger partial charge on any atom is -0.462 e. The number of rotatable bonds is 52. The largest absolute Gasteiger partial charge is 0.462 e. The van der Waals surface area contributed by atoms with Crippen LogP contribution in [0.15, 0.2) is 0 Å². The van der Waals surface area contributed by atoms with Crippen molar-refractivity contribution >= 4 is 17.9 Å². The third-order valence-corrected chi connectivity index (χ3v) is 13.6. The minimum absolute atomic E-state index is 0.0627. The van der Waals surface area contributed by atoms with Crippen LogP contribution < -0.4 is 0 Å². The highest BCUT2D eigenvalue weighted by Gasteiger charge is 2.19. The Bertz CT molecular complexity index is 980. The average Bonchev–Trinajstić information content (AvgIpc) is 3.28. The predicted octanol–water partition coefficient (Wildman–Crippen LogP) is 18.9. The Kier molecular flexibility index (Phi) is 49.6. The molecule has 6 heteroatoms. The zero-order valence-electron chi connectivity index (χ0n) is 43.9. The van der Waals surface area contributed by atoms with Crippen LogP contribution in [-0.2, 0) is 28.6 Å². The molecular weight excluding hydrogens is 793 g/mol. The van der Waals surface area contributed by atoms with E-state index in [1.807, 2.05) is 0 Å². The standard InChI is InChI=1S/C58H112O6/c1-6-8-9-10-11-12-13-14-19-23-30-35-40-45-50-58(61)64-55(52-63-57(60)49-44-39-34-29-25-24-27-32-37-42-47-54(5)7-2)51-62-56(59)48-43-38-33-28-22-20-17-15-16-18-21-26-31-36-41-46-53(3)4/h53-55H,6-52H2,1-5H3/t54?,55-/m0/s1.